The normalized spacial score (nSPS) is 12.2. The second-order valence-electron chi connectivity index (χ2n) is 4.33. The van der Waals surface area contributed by atoms with Gasteiger partial charge in [0.2, 0.25) is 5.91 Å². The zero-order chi connectivity index (χ0) is 12.8. The van der Waals surface area contributed by atoms with Crippen molar-refractivity contribution < 1.29 is 4.79 Å². The number of carbonyl (C=O) groups is 1. The fraction of sp³-hybridized carbons (Fsp3) is 0.462. The number of nitrogens with two attached hydrogens (primary N) is 1. The molecule has 4 heteroatoms. The first-order valence-electron chi connectivity index (χ1n) is 5.81. The third-order valence-electron chi connectivity index (χ3n) is 2.61. The van der Waals surface area contributed by atoms with Crippen LogP contribution in [-0.2, 0) is 4.79 Å². The Balaban J connectivity index is 2.48. The van der Waals surface area contributed by atoms with Crippen molar-refractivity contribution in [3.8, 4) is 0 Å². The van der Waals surface area contributed by atoms with Gasteiger partial charge in [0.25, 0.3) is 0 Å². The van der Waals surface area contributed by atoms with Crippen molar-refractivity contribution in [3.05, 3.63) is 28.8 Å². The van der Waals surface area contributed by atoms with Crippen LogP contribution in [0.25, 0.3) is 0 Å². The minimum absolute atomic E-state index is 0.0102. The number of benzene rings is 1. The lowest BCUT2D eigenvalue weighted by Gasteiger charge is -2.09. The third-order valence-corrected chi connectivity index (χ3v) is 3.01. The number of nitrogens with one attached hydrogen (secondary N) is 1. The maximum Gasteiger partial charge on any atom is 0.224 e. The number of hydrogen-bond donors (Lipinski definition) is 2. The van der Waals surface area contributed by atoms with Gasteiger partial charge < -0.3 is 11.1 Å². The van der Waals surface area contributed by atoms with Gasteiger partial charge in [0.1, 0.15) is 0 Å². The highest BCUT2D eigenvalue weighted by molar-refractivity contribution is 6.31. The molecular weight excluding hydrogens is 236 g/mol. The fourth-order valence-electron chi connectivity index (χ4n) is 1.54. The van der Waals surface area contributed by atoms with E-state index in [0.29, 0.717) is 11.4 Å². The molecule has 1 amide bonds. The van der Waals surface area contributed by atoms with E-state index < -0.39 is 0 Å². The molecule has 94 valence electrons. The number of rotatable bonds is 5. The van der Waals surface area contributed by atoms with Crippen molar-refractivity contribution in [1.29, 1.82) is 0 Å². The van der Waals surface area contributed by atoms with Crippen LogP contribution in [0.3, 0.4) is 0 Å². The molecule has 0 radical (unpaired) electrons. The summed E-state index contributed by atoms with van der Waals surface area (Å²) in [6, 6.07) is 5.64. The molecule has 0 saturated heterocycles. The second-order valence-corrected chi connectivity index (χ2v) is 4.74. The first-order valence-corrected chi connectivity index (χ1v) is 6.19. The summed E-state index contributed by atoms with van der Waals surface area (Å²) < 4.78 is 0. The molecule has 1 aromatic rings. The van der Waals surface area contributed by atoms with E-state index in [1.54, 1.807) is 0 Å². The standard InChI is InChI=1S/C13H19ClN2O/c1-9(15)5-3-8-13(17)16-12-7-4-6-11(14)10(12)2/h4,6-7,9H,3,5,8,15H2,1-2H3,(H,16,17). The zero-order valence-corrected chi connectivity index (χ0v) is 11.1. The molecule has 0 aliphatic carbocycles. The van der Waals surface area contributed by atoms with Crippen LogP contribution in [0, 0.1) is 6.92 Å². The molecule has 0 aliphatic heterocycles. The predicted molar refractivity (Wildman–Crippen MR) is 72.3 cm³/mol. The summed E-state index contributed by atoms with van der Waals surface area (Å²) in [6.45, 7) is 3.83. The molecule has 1 atom stereocenters. The summed E-state index contributed by atoms with van der Waals surface area (Å²) in [6.07, 6.45) is 2.17. The van der Waals surface area contributed by atoms with Crippen molar-refractivity contribution in [2.24, 2.45) is 5.73 Å². The minimum atomic E-state index is 0.0102. The molecule has 0 aliphatic rings. The van der Waals surface area contributed by atoms with Crippen LogP contribution in [-0.4, -0.2) is 11.9 Å². The van der Waals surface area contributed by atoms with Gasteiger partial charge in [-0.2, -0.15) is 0 Å². The van der Waals surface area contributed by atoms with Crippen LogP contribution in [0.4, 0.5) is 5.69 Å². The average molecular weight is 255 g/mol. The van der Waals surface area contributed by atoms with E-state index in [1.807, 2.05) is 32.0 Å². The van der Waals surface area contributed by atoms with E-state index >= 15 is 0 Å². The van der Waals surface area contributed by atoms with E-state index in [2.05, 4.69) is 5.32 Å². The van der Waals surface area contributed by atoms with Crippen molar-refractivity contribution in [2.75, 3.05) is 5.32 Å². The maximum atomic E-state index is 11.7. The van der Waals surface area contributed by atoms with E-state index in [1.165, 1.54) is 0 Å². The van der Waals surface area contributed by atoms with Gasteiger partial charge in [-0.25, -0.2) is 0 Å². The average Bonchev–Trinajstić information content (AvgIpc) is 2.24. The van der Waals surface area contributed by atoms with Crippen LogP contribution in [0.1, 0.15) is 31.7 Å². The molecule has 0 saturated carbocycles. The summed E-state index contributed by atoms with van der Waals surface area (Å²) in [5.74, 6) is 0.0102. The molecule has 0 fully saturated rings. The third kappa shape index (κ3) is 4.75. The molecule has 0 heterocycles. The molecule has 1 aromatic carbocycles. The van der Waals surface area contributed by atoms with Crippen LogP contribution < -0.4 is 11.1 Å². The van der Waals surface area contributed by atoms with Crippen molar-refractivity contribution >= 4 is 23.2 Å². The number of amides is 1. The lowest BCUT2D eigenvalue weighted by molar-refractivity contribution is -0.116. The smallest absolute Gasteiger partial charge is 0.224 e. The van der Waals surface area contributed by atoms with Gasteiger partial charge in [-0.15, -0.1) is 0 Å². The SMILES string of the molecule is Cc1c(Cl)cccc1NC(=O)CCCC(C)N. The summed E-state index contributed by atoms with van der Waals surface area (Å²) in [7, 11) is 0. The van der Waals surface area contributed by atoms with E-state index in [-0.39, 0.29) is 11.9 Å². The molecule has 0 aromatic heterocycles. The fourth-order valence-corrected chi connectivity index (χ4v) is 1.71. The Morgan fingerprint density at radius 1 is 1.53 bits per heavy atom. The predicted octanol–water partition coefficient (Wildman–Crippen LogP) is 3.10. The minimum Gasteiger partial charge on any atom is -0.328 e. The Hall–Kier alpha value is -1.06. The van der Waals surface area contributed by atoms with Crippen molar-refractivity contribution in [3.63, 3.8) is 0 Å². The van der Waals surface area contributed by atoms with Crippen LogP contribution in [0.15, 0.2) is 18.2 Å². The molecular formula is C13H19ClN2O. The molecule has 1 unspecified atom stereocenters. The van der Waals surface area contributed by atoms with Gasteiger partial charge in [-0.1, -0.05) is 17.7 Å². The second kappa shape index (κ2) is 6.62. The van der Waals surface area contributed by atoms with Crippen LogP contribution >= 0.6 is 11.6 Å². The number of carbonyl (C=O) groups excluding carboxylic acids is 1. The van der Waals surface area contributed by atoms with Gasteiger partial charge in [0, 0.05) is 23.2 Å². The Morgan fingerprint density at radius 2 is 2.24 bits per heavy atom. The lowest BCUT2D eigenvalue weighted by atomic mass is 10.1. The van der Waals surface area contributed by atoms with E-state index in [4.69, 9.17) is 17.3 Å². The first-order chi connectivity index (χ1) is 8.00. The molecule has 3 N–H and O–H groups in total. The summed E-state index contributed by atoms with van der Waals surface area (Å²) in [4.78, 5) is 11.7. The topological polar surface area (TPSA) is 55.1 Å². The molecule has 0 bridgehead atoms. The maximum absolute atomic E-state index is 11.7. The highest BCUT2D eigenvalue weighted by Crippen LogP contribution is 2.23. The molecule has 0 spiro atoms. The van der Waals surface area contributed by atoms with Gasteiger partial charge >= 0.3 is 0 Å². The highest BCUT2D eigenvalue weighted by Gasteiger charge is 2.06. The first kappa shape index (κ1) is 14.0. The Morgan fingerprint density at radius 3 is 2.88 bits per heavy atom. The van der Waals surface area contributed by atoms with Crippen LogP contribution in [0.5, 0.6) is 0 Å². The number of hydrogen-bond acceptors (Lipinski definition) is 2. The Kier molecular flexibility index (Phi) is 5.45. The number of anilines is 1. The van der Waals surface area contributed by atoms with Gasteiger partial charge in [0.15, 0.2) is 0 Å². The van der Waals surface area contributed by atoms with Gasteiger partial charge in [-0.05, 0) is 44.4 Å². The van der Waals surface area contributed by atoms with Gasteiger partial charge in [-0.3, -0.25) is 4.79 Å². The molecule has 1 rings (SSSR count). The molecule has 3 nitrogen and oxygen atoms in total. The zero-order valence-electron chi connectivity index (χ0n) is 10.3. The monoisotopic (exact) mass is 254 g/mol. The van der Waals surface area contributed by atoms with Crippen molar-refractivity contribution in [1.82, 2.24) is 0 Å². The molecule has 17 heavy (non-hydrogen) atoms. The summed E-state index contributed by atoms with van der Waals surface area (Å²) in [5, 5.41) is 3.53. The Bertz CT molecular complexity index is 391. The quantitative estimate of drug-likeness (QED) is 0.848. The highest BCUT2D eigenvalue weighted by atomic mass is 35.5. The van der Waals surface area contributed by atoms with E-state index in [0.717, 1.165) is 24.1 Å². The summed E-state index contributed by atoms with van der Waals surface area (Å²) >= 11 is 5.98. The van der Waals surface area contributed by atoms with Crippen LogP contribution in [0.2, 0.25) is 5.02 Å². The largest absolute Gasteiger partial charge is 0.328 e. The van der Waals surface area contributed by atoms with Gasteiger partial charge in [0.05, 0.1) is 0 Å². The Labute approximate surface area is 107 Å². The summed E-state index contributed by atoms with van der Waals surface area (Å²) in [5.41, 5.74) is 7.30. The number of halogens is 1. The van der Waals surface area contributed by atoms with E-state index in [9.17, 15) is 4.79 Å². The lowest BCUT2D eigenvalue weighted by Crippen LogP contribution is -2.17. The van der Waals surface area contributed by atoms with Crippen molar-refractivity contribution in [2.45, 2.75) is 39.2 Å².